The van der Waals surface area contributed by atoms with Crippen LogP contribution in [0, 0.1) is 0 Å². The molecule has 0 aliphatic carbocycles. The third kappa shape index (κ3) is 2.42. The molecular weight excluding hydrogens is 306 g/mol. The lowest BCUT2D eigenvalue weighted by atomic mass is 10.2. The number of anilines is 1. The quantitative estimate of drug-likeness (QED) is 0.803. The molecule has 4 nitrogen and oxygen atoms in total. The van der Waals surface area contributed by atoms with Crippen LogP contribution >= 0.6 is 15.9 Å². The van der Waals surface area contributed by atoms with E-state index in [9.17, 15) is 0 Å². The average Bonchev–Trinajstić information content (AvgIpc) is 3.01. The van der Waals surface area contributed by atoms with Crippen molar-refractivity contribution in [3.8, 4) is 11.3 Å². The van der Waals surface area contributed by atoms with Gasteiger partial charge in [-0.25, -0.2) is 0 Å². The van der Waals surface area contributed by atoms with Crippen molar-refractivity contribution in [2.45, 2.75) is 6.54 Å². The highest BCUT2D eigenvalue weighted by molar-refractivity contribution is 9.10. The van der Waals surface area contributed by atoms with Crippen LogP contribution in [-0.2, 0) is 6.54 Å². The van der Waals surface area contributed by atoms with Crippen molar-refractivity contribution in [1.29, 1.82) is 0 Å². The van der Waals surface area contributed by atoms with Crippen molar-refractivity contribution in [1.82, 2.24) is 9.78 Å². The second-order valence-corrected chi connectivity index (χ2v) is 5.09. The molecule has 0 amide bonds. The highest BCUT2D eigenvalue weighted by Crippen LogP contribution is 2.25. The lowest BCUT2D eigenvalue weighted by Crippen LogP contribution is -2.00. The maximum absolute atomic E-state index is 5.99. The monoisotopic (exact) mass is 317 g/mol. The second-order valence-electron chi connectivity index (χ2n) is 4.23. The van der Waals surface area contributed by atoms with Gasteiger partial charge in [0.1, 0.15) is 5.69 Å². The minimum atomic E-state index is 0.647. The Kier molecular flexibility index (Phi) is 3.13. The predicted molar refractivity (Wildman–Crippen MR) is 77.6 cm³/mol. The van der Waals surface area contributed by atoms with Gasteiger partial charge in [-0.05, 0) is 17.7 Å². The molecule has 2 N–H and O–H groups in total. The molecule has 0 spiro atoms. The number of rotatable bonds is 3. The summed E-state index contributed by atoms with van der Waals surface area (Å²) in [5.74, 6) is 0. The van der Waals surface area contributed by atoms with Gasteiger partial charge in [0.05, 0.1) is 24.8 Å². The Bertz CT molecular complexity index is 689. The first-order chi connectivity index (χ1) is 9.24. The summed E-state index contributed by atoms with van der Waals surface area (Å²) in [7, 11) is 0. The topological polar surface area (TPSA) is 57.0 Å². The number of nitrogens with two attached hydrogens (primary N) is 1. The maximum Gasteiger partial charge on any atom is 0.118 e. The van der Waals surface area contributed by atoms with Gasteiger partial charge in [0, 0.05) is 16.2 Å². The SMILES string of the molecule is Nc1cn(Cc2ccccc2Br)nc1-c1ccoc1. The number of halogens is 1. The molecule has 0 unspecified atom stereocenters. The van der Waals surface area contributed by atoms with Gasteiger partial charge >= 0.3 is 0 Å². The van der Waals surface area contributed by atoms with Crippen molar-refractivity contribution in [2.75, 3.05) is 5.73 Å². The molecule has 5 heteroatoms. The molecule has 0 atom stereocenters. The number of furan rings is 1. The van der Waals surface area contributed by atoms with Crippen LogP contribution in [0.4, 0.5) is 5.69 Å². The number of nitrogens with zero attached hydrogens (tertiary/aromatic N) is 2. The summed E-state index contributed by atoms with van der Waals surface area (Å²) in [4.78, 5) is 0. The summed E-state index contributed by atoms with van der Waals surface area (Å²) >= 11 is 3.53. The zero-order valence-electron chi connectivity index (χ0n) is 10.1. The molecule has 0 saturated heterocycles. The summed E-state index contributed by atoms with van der Waals surface area (Å²) in [5.41, 5.74) is 9.43. The predicted octanol–water partition coefficient (Wildman–Crippen LogP) is 3.54. The Hall–Kier alpha value is -2.01. The van der Waals surface area contributed by atoms with Crippen LogP contribution in [0.2, 0.25) is 0 Å². The molecule has 96 valence electrons. The minimum absolute atomic E-state index is 0.647. The summed E-state index contributed by atoms with van der Waals surface area (Å²) in [6.07, 6.45) is 5.09. The Balaban J connectivity index is 1.91. The van der Waals surface area contributed by atoms with Gasteiger partial charge in [0.15, 0.2) is 0 Å². The number of benzene rings is 1. The molecule has 1 aromatic carbocycles. The van der Waals surface area contributed by atoms with E-state index in [2.05, 4.69) is 27.1 Å². The summed E-state index contributed by atoms with van der Waals surface area (Å²) in [6, 6.07) is 9.91. The maximum atomic E-state index is 5.99. The molecule has 3 rings (SSSR count). The third-order valence-electron chi connectivity index (χ3n) is 2.87. The first-order valence-electron chi connectivity index (χ1n) is 5.83. The second kappa shape index (κ2) is 4.93. The molecule has 0 bridgehead atoms. The van der Waals surface area contributed by atoms with Crippen molar-refractivity contribution in [3.63, 3.8) is 0 Å². The Morgan fingerprint density at radius 3 is 2.84 bits per heavy atom. The summed E-state index contributed by atoms with van der Waals surface area (Å²) in [6.45, 7) is 0.670. The van der Waals surface area contributed by atoms with E-state index in [1.165, 1.54) is 0 Å². The van der Waals surface area contributed by atoms with E-state index in [-0.39, 0.29) is 0 Å². The van der Waals surface area contributed by atoms with Gasteiger partial charge in [0.25, 0.3) is 0 Å². The molecule has 19 heavy (non-hydrogen) atoms. The van der Waals surface area contributed by atoms with Crippen LogP contribution in [0.25, 0.3) is 11.3 Å². The standard InChI is InChI=1S/C14H12BrN3O/c15-12-4-2-1-3-10(12)7-18-8-13(16)14(17-18)11-5-6-19-9-11/h1-6,8-9H,7,16H2. The van der Waals surface area contributed by atoms with Crippen LogP contribution in [0.3, 0.4) is 0 Å². The number of aromatic nitrogens is 2. The fourth-order valence-corrected chi connectivity index (χ4v) is 2.35. The number of hydrogen-bond donors (Lipinski definition) is 1. The van der Waals surface area contributed by atoms with Crippen LogP contribution in [0.5, 0.6) is 0 Å². The van der Waals surface area contributed by atoms with E-state index in [1.807, 2.05) is 35.1 Å². The first-order valence-corrected chi connectivity index (χ1v) is 6.62. The number of nitrogen functional groups attached to an aromatic ring is 1. The zero-order valence-corrected chi connectivity index (χ0v) is 11.7. The minimum Gasteiger partial charge on any atom is -0.472 e. The highest BCUT2D eigenvalue weighted by atomic mass is 79.9. The number of hydrogen-bond acceptors (Lipinski definition) is 3. The molecule has 0 fully saturated rings. The molecular formula is C14H12BrN3O. The molecule has 0 radical (unpaired) electrons. The first kappa shape index (κ1) is 12.0. The van der Waals surface area contributed by atoms with E-state index in [4.69, 9.17) is 10.2 Å². The Labute approximate surface area is 119 Å². The molecule has 2 heterocycles. The van der Waals surface area contributed by atoms with Crippen LogP contribution < -0.4 is 5.73 Å². The van der Waals surface area contributed by atoms with Gasteiger partial charge in [-0.2, -0.15) is 5.10 Å². The van der Waals surface area contributed by atoms with Gasteiger partial charge in [-0.3, -0.25) is 4.68 Å². The molecule has 3 aromatic rings. The smallest absolute Gasteiger partial charge is 0.118 e. The Morgan fingerprint density at radius 2 is 2.11 bits per heavy atom. The Morgan fingerprint density at radius 1 is 1.26 bits per heavy atom. The molecule has 0 saturated carbocycles. The molecule has 2 aromatic heterocycles. The van der Waals surface area contributed by atoms with Gasteiger partial charge in [0.2, 0.25) is 0 Å². The lowest BCUT2D eigenvalue weighted by Gasteiger charge is -2.03. The fraction of sp³-hybridized carbons (Fsp3) is 0.0714. The van der Waals surface area contributed by atoms with E-state index in [1.54, 1.807) is 12.5 Å². The molecule has 0 aliphatic rings. The highest BCUT2D eigenvalue weighted by Gasteiger charge is 2.10. The van der Waals surface area contributed by atoms with E-state index >= 15 is 0 Å². The van der Waals surface area contributed by atoms with Gasteiger partial charge in [-0.15, -0.1) is 0 Å². The van der Waals surface area contributed by atoms with E-state index in [0.717, 1.165) is 21.3 Å². The summed E-state index contributed by atoms with van der Waals surface area (Å²) in [5, 5.41) is 4.50. The van der Waals surface area contributed by atoms with Crippen molar-refractivity contribution in [2.24, 2.45) is 0 Å². The zero-order chi connectivity index (χ0) is 13.2. The summed E-state index contributed by atoms with van der Waals surface area (Å²) < 4.78 is 7.95. The van der Waals surface area contributed by atoms with E-state index < -0.39 is 0 Å². The molecule has 0 aliphatic heterocycles. The lowest BCUT2D eigenvalue weighted by molar-refractivity contribution is 0.568. The van der Waals surface area contributed by atoms with Crippen molar-refractivity contribution >= 4 is 21.6 Å². The van der Waals surface area contributed by atoms with Crippen LogP contribution in [0.1, 0.15) is 5.56 Å². The fourth-order valence-electron chi connectivity index (χ4n) is 1.94. The average molecular weight is 318 g/mol. The van der Waals surface area contributed by atoms with Gasteiger partial charge in [-0.1, -0.05) is 34.1 Å². The largest absolute Gasteiger partial charge is 0.472 e. The van der Waals surface area contributed by atoms with Crippen molar-refractivity contribution in [3.05, 3.63) is 59.1 Å². The van der Waals surface area contributed by atoms with Crippen LogP contribution in [0.15, 0.2) is 57.9 Å². The van der Waals surface area contributed by atoms with Crippen molar-refractivity contribution < 1.29 is 4.42 Å². The van der Waals surface area contributed by atoms with Gasteiger partial charge < -0.3 is 10.2 Å². The third-order valence-corrected chi connectivity index (χ3v) is 3.65. The van der Waals surface area contributed by atoms with E-state index in [0.29, 0.717) is 12.2 Å². The van der Waals surface area contributed by atoms with Crippen LogP contribution in [-0.4, -0.2) is 9.78 Å². The normalized spacial score (nSPS) is 10.8.